The molecule has 20 heavy (non-hydrogen) atoms. The summed E-state index contributed by atoms with van der Waals surface area (Å²) in [5, 5.41) is 0. The molecule has 3 atom stereocenters. The number of carbonyl (C=O) groups is 1. The monoisotopic (exact) mass is 284 g/mol. The Labute approximate surface area is 124 Å². The molecule has 0 unspecified atom stereocenters. The van der Waals surface area contributed by atoms with Crippen LogP contribution in [0.15, 0.2) is 0 Å². The minimum Gasteiger partial charge on any atom is -0.382 e. The molecule has 0 radical (unpaired) electrons. The molecular weight excluding hydrogens is 252 g/mol. The molecule has 1 aliphatic carbocycles. The fourth-order valence-electron chi connectivity index (χ4n) is 3.46. The van der Waals surface area contributed by atoms with Crippen molar-refractivity contribution in [3.63, 3.8) is 0 Å². The summed E-state index contributed by atoms with van der Waals surface area (Å²) in [6.45, 7) is 9.85. The van der Waals surface area contributed by atoms with Crippen LogP contribution >= 0.6 is 0 Å². The quantitative estimate of drug-likeness (QED) is 0.666. The minimum atomic E-state index is 0.0576. The first-order chi connectivity index (χ1) is 9.41. The maximum Gasteiger partial charge on any atom is 0.136 e. The van der Waals surface area contributed by atoms with E-state index in [1.54, 1.807) is 7.11 Å². The number of ketones is 1. The lowest BCUT2D eigenvalue weighted by molar-refractivity contribution is -0.134. The Balaban J connectivity index is 2.82. The second-order valence-electron chi connectivity index (χ2n) is 7.02. The second kappa shape index (κ2) is 8.14. The zero-order valence-corrected chi connectivity index (χ0v) is 13.9. The lowest BCUT2D eigenvalue weighted by atomic mass is 9.68. The van der Waals surface area contributed by atoms with Gasteiger partial charge in [-0.1, -0.05) is 40.5 Å². The van der Waals surface area contributed by atoms with Crippen LogP contribution in [0, 0.1) is 17.3 Å². The van der Waals surface area contributed by atoms with Gasteiger partial charge in [-0.3, -0.25) is 4.79 Å². The average Bonchev–Trinajstić information content (AvgIpc) is 2.41. The fraction of sp³-hybridized carbons (Fsp3) is 0.941. The molecule has 0 saturated heterocycles. The Bertz CT molecular complexity index is 293. The molecule has 0 N–H and O–H groups in total. The van der Waals surface area contributed by atoms with Crippen molar-refractivity contribution in [1.82, 2.24) is 0 Å². The Kier molecular flexibility index (Phi) is 7.18. The Morgan fingerprint density at radius 3 is 2.40 bits per heavy atom. The number of methoxy groups -OCH3 is 1. The van der Waals surface area contributed by atoms with Gasteiger partial charge in [0.25, 0.3) is 0 Å². The predicted octanol–water partition coefficient (Wildman–Crippen LogP) is 3.85. The van der Waals surface area contributed by atoms with Crippen LogP contribution in [0.3, 0.4) is 0 Å². The fourth-order valence-corrected chi connectivity index (χ4v) is 3.46. The molecule has 1 saturated carbocycles. The van der Waals surface area contributed by atoms with Crippen molar-refractivity contribution in [3.05, 3.63) is 0 Å². The summed E-state index contributed by atoms with van der Waals surface area (Å²) in [5.41, 5.74) is 0.0576. The van der Waals surface area contributed by atoms with Crippen LogP contribution in [-0.2, 0) is 14.3 Å². The van der Waals surface area contributed by atoms with Gasteiger partial charge in [-0.25, -0.2) is 0 Å². The summed E-state index contributed by atoms with van der Waals surface area (Å²) >= 11 is 0. The predicted molar refractivity (Wildman–Crippen MR) is 81.8 cm³/mol. The third-order valence-corrected chi connectivity index (χ3v) is 4.41. The standard InChI is InChI=1S/C17H32O3/c1-6-15(18)13-9-7-8-10-14(13)16(17(2,3)4)20-12-11-19-5/h13-14,16H,6-12H2,1-5H3/t13-,14-,16+/m0/s1. The van der Waals surface area contributed by atoms with Gasteiger partial charge in [0.15, 0.2) is 0 Å². The summed E-state index contributed by atoms with van der Waals surface area (Å²) < 4.78 is 11.2. The SMILES string of the molecule is CCC(=O)[C@H]1CCCC[C@@H]1[C@@H](OCCOC)C(C)(C)C. The van der Waals surface area contributed by atoms with Crippen molar-refractivity contribution in [2.24, 2.45) is 17.3 Å². The molecule has 0 aromatic carbocycles. The van der Waals surface area contributed by atoms with Crippen molar-refractivity contribution in [3.8, 4) is 0 Å². The molecule has 0 aliphatic heterocycles. The molecular formula is C17H32O3. The van der Waals surface area contributed by atoms with E-state index < -0.39 is 0 Å². The topological polar surface area (TPSA) is 35.5 Å². The van der Waals surface area contributed by atoms with Crippen LogP contribution in [0.5, 0.6) is 0 Å². The number of rotatable bonds is 7. The molecule has 3 nitrogen and oxygen atoms in total. The van der Waals surface area contributed by atoms with Crippen LogP contribution in [-0.4, -0.2) is 32.2 Å². The third kappa shape index (κ3) is 4.85. The van der Waals surface area contributed by atoms with Crippen LogP contribution in [0.1, 0.15) is 59.8 Å². The maximum absolute atomic E-state index is 12.3. The molecule has 1 rings (SSSR count). The Hall–Kier alpha value is -0.410. The highest BCUT2D eigenvalue weighted by Gasteiger charge is 2.41. The number of Topliss-reactive ketones (excluding diaryl/α,β-unsaturated/α-hetero) is 1. The molecule has 0 aromatic heterocycles. The molecule has 118 valence electrons. The van der Waals surface area contributed by atoms with Crippen molar-refractivity contribution in [1.29, 1.82) is 0 Å². The van der Waals surface area contributed by atoms with Crippen LogP contribution in [0.25, 0.3) is 0 Å². The second-order valence-corrected chi connectivity index (χ2v) is 7.02. The molecule has 1 aliphatic rings. The normalized spacial score (nSPS) is 25.4. The van der Waals surface area contributed by atoms with Gasteiger partial charge in [0.2, 0.25) is 0 Å². The van der Waals surface area contributed by atoms with Crippen molar-refractivity contribution >= 4 is 5.78 Å². The third-order valence-electron chi connectivity index (χ3n) is 4.41. The van der Waals surface area contributed by atoms with E-state index in [1.807, 2.05) is 6.92 Å². The van der Waals surface area contributed by atoms with E-state index in [4.69, 9.17) is 9.47 Å². The molecule has 0 bridgehead atoms. The molecule has 3 heteroatoms. The summed E-state index contributed by atoms with van der Waals surface area (Å²) in [6, 6.07) is 0. The Morgan fingerprint density at radius 1 is 1.20 bits per heavy atom. The van der Waals surface area contributed by atoms with Gasteiger partial charge in [-0.15, -0.1) is 0 Å². The van der Waals surface area contributed by atoms with Crippen molar-refractivity contribution in [2.45, 2.75) is 65.9 Å². The molecule has 0 spiro atoms. The summed E-state index contributed by atoms with van der Waals surface area (Å²) in [7, 11) is 1.69. The van der Waals surface area contributed by atoms with E-state index in [-0.39, 0.29) is 17.4 Å². The first-order valence-corrected chi connectivity index (χ1v) is 8.05. The van der Waals surface area contributed by atoms with Gasteiger partial charge >= 0.3 is 0 Å². The lowest BCUT2D eigenvalue weighted by Crippen LogP contribution is -2.44. The van der Waals surface area contributed by atoms with Gasteiger partial charge in [-0.2, -0.15) is 0 Å². The number of hydrogen-bond donors (Lipinski definition) is 0. The van der Waals surface area contributed by atoms with Gasteiger partial charge in [-0.05, 0) is 24.2 Å². The van der Waals surface area contributed by atoms with Crippen LogP contribution in [0.2, 0.25) is 0 Å². The summed E-state index contributed by atoms with van der Waals surface area (Å²) in [6.07, 6.45) is 5.34. The van der Waals surface area contributed by atoms with E-state index in [9.17, 15) is 4.79 Å². The zero-order chi connectivity index (χ0) is 15.2. The molecule has 0 aromatic rings. The minimum absolute atomic E-state index is 0.0576. The van der Waals surface area contributed by atoms with E-state index in [0.717, 1.165) is 12.8 Å². The van der Waals surface area contributed by atoms with Gasteiger partial charge in [0.1, 0.15) is 5.78 Å². The largest absolute Gasteiger partial charge is 0.382 e. The molecule has 1 fully saturated rings. The Morgan fingerprint density at radius 2 is 1.85 bits per heavy atom. The smallest absolute Gasteiger partial charge is 0.136 e. The molecule has 0 heterocycles. The average molecular weight is 284 g/mol. The van der Waals surface area contributed by atoms with Gasteiger partial charge in [0, 0.05) is 19.4 Å². The highest BCUT2D eigenvalue weighted by molar-refractivity contribution is 5.81. The summed E-state index contributed by atoms with van der Waals surface area (Å²) in [5.74, 6) is 0.980. The van der Waals surface area contributed by atoms with Gasteiger partial charge in [0.05, 0.1) is 19.3 Å². The van der Waals surface area contributed by atoms with Crippen LogP contribution < -0.4 is 0 Å². The van der Waals surface area contributed by atoms with E-state index >= 15 is 0 Å². The van der Waals surface area contributed by atoms with E-state index in [2.05, 4.69) is 20.8 Å². The lowest BCUT2D eigenvalue weighted by Gasteiger charge is -2.42. The first kappa shape index (κ1) is 17.6. The van der Waals surface area contributed by atoms with Crippen molar-refractivity contribution < 1.29 is 14.3 Å². The highest BCUT2D eigenvalue weighted by atomic mass is 16.5. The first-order valence-electron chi connectivity index (χ1n) is 8.05. The zero-order valence-electron chi connectivity index (χ0n) is 13.9. The maximum atomic E-state index is 12.3. The van der Waals surface area contributed by atoms with Crippen molar-refractivity contribution in [2.75, 3.05) is 20.3 Å². The van der Waals surface area contributed by atoms with Crippen LogP contribution in [0.4, 0.5) is 0 Å². The molecule has 0 amide bonds. The van der Waals surface area contributed by atoms with E-state index in [1.165, 1.54) is 12.8 Å². The van der Waals surface area contributed by atoms with Gasteiger partial charge < -0.3 is 9.47 Å². The summed E-state index contributed by atoms with van der Waals surface area (Å²) in [4.78, 5) is 12.3. The van der Waals surface area contributed by atoms with E-state index in [0.29, 0.717) is 31.3 Å². The number of carbonyl (C=O) groups excluding carboxylic acids is 1. The number of hydrogen-bond acceptors (Lipinski definition) is 3. The highest BCUT2D eigenvalue weighted by Crippen LogP contribution is 2.41. The number of ether oxygens (including phenoxy) is 2.